The van der Waals surface area contributed by atoms with Crippen LogP contribution in [0.5, 0.6) is 0 Å². The average Bonchev–Trinajstić information content (AvgIpc) is 2.41. The highest BCUT2D eigenvalue weighted by Crippen LogP contribution is 2.34. The first-order valence-electron chi connectivity index (χ1n) is 5.96. The van der Waals surface area contributed by atoms with E-state index in [1.165, 1.54) is 6.07 Å². The number of benzene rings is 2. The molecule has 0 amide bonds. The summed E-state index contributed by atoms with van der Waals surface area (Å²) in [5.41, 5.74) is 1.05. The monoisotopic (exact) mass is 272 g/mol. The van der Waals surface area contributed by atoms with Gasteiger partial charge in [0.25, 0.3) is 0 Å². The van der Waals surface area contributed by atoms with Crippen molar-refractivity contribution in [3.63, 3.8) is 0 Å². The van der Waals surface area contributed by atoms with Crippen LogP contribution in [0, 0.1) is 27.2 Å². The summed E-state index contributed by atoms with van der Waals surface area (Å²) in [7, 11) is 0. The quantitative estimate of drug-likeness (QED) is 0.630. The van der Waals surface area contributed by atoms with Gasteiger partial charge in [-0.1, -0.05) is 36.4 Å². The number of nitrogens with zero attached hydrogens (tertiary/aromatic N) is 2. The highest BCUT2D eigenvalue weighted by Gasteiger charge is 2.29. The Bertz CT molecular complexity index is 668. The van der Waals surface area contributed by atoms with Gasteiger partial charge in [-0.05, 0) is 18.1 Å². The van der Waals surface area contributed by atoms with E-state index in [4.69, 9.17) is 0 Å². The molecule has 2 aromatic carbocycles. The third-order valence-corrected chi connectivity index (χ3v) is 3.10. The third kappa shape index (κ3) is 2.64. The fraction of sp³-hybridized carbons (Fsp3) is 0.143. The van der Waals surface area contributed by atoms with Crippen LogP contribution in [-0.4, -0.2) is 9.85 Å². The Balaban J connectivity index is 2.59. The van der Waals surface area contributed by atoms with E-state index in [2.05, 4.69) is 0 Å². The first kappa shape index (κ1) is 13.7. The molecule has 0 N–H and O–H groups in total. The molecule has 0 aliphatic carbocycles. The fourth-order valence-corrected chi connectivity index (χ4v) is 2.10. The first-order chi connectivity index (χ1) is 9.50. The Morgan fingerprint density at radius 3 is 2.15 bits per heavy atom. The summed E-state index contributed by atoms with van der Waals surface area (Å²) in [4.78, 5) is 20.7. The van der Waals surface area contributed by atoms with Crippen LogP contribution in [0.25, 0.3) is 0 Å². The van der Waals surface area contributed by atoms with Gasteiger partial charge in [-0.25, -0.2) is 0 Å². The maximum absolute atomic E-state index is 11.2. The van der Waals surface area contributed by atoms with Crippen LogP contribution >= 0.6 is 0 Å². The largest absolute Gasteiger partial charge is 0.349 e. The molecule has 0 bridgehead atoms. The number of hydrogen-bond donors (Lipinski definition) is 0. The Kier molecular flexibility index (Phi) is 3.74. The lowest BCUT2D eigenvalue weighted by molar-refractivity contribution is -0.423. The molecule has 0 saturated heterocycles. The van der Waals surface area contributed by atoms with Crippen LogP contribution in [0.1, 0.15) is 16.7 Å². The van der Waals surface area contributed by atoms with Gasteiger partial charge >= 0.3 is 11.4 Å². The first-order valence-corrected chi connectivity index (χ1v) is 5.96. The van der Waals surface area contributed by atoms with Crippen molar-refractivity contribution in [2.75, 3.05) is 0 Å². The maximum atomic E-state index is 11.2. The summed E-state index contributed by atoms with van der Waals surface area (Å²) in [6.45, 7) is 1.72. The number of nitro groups is 2. The zero-order valence-corrected chi connectivity index (χ0v) is 10.8. The zero-order valence-electron chi connectivity index (χ0n) is 10.8. The summed E-state index contributed by atoms with van der Waals surface area (Å²) in [5, 5.41) is 22.1. The minimum Gasteiger partial charge on any atom is -0.258 e. The Morgan fingerprint density at radius 1 is 0.950 bits per heavy atom. The van der Waals surface area contributed by atoms with E-state index in [0.29, 0.717) is 17.5 Å². The van der Waals surface area contributed by atoms with Gasteiger partial charge in [0.15, 0.2) is 0 Å². The second kappa shape index (κ2) is 5.48. The molecule has 0 radical (unpaired) electrons. The zero-order chi connectivity index (χ0) is 14.7. The number of hydrogen-bond acceptors (Lipinski definition) is 4. The molecule has 0 heterocycles. The van der Waals surface area contributed by atoms with Gasteiger partial charge < -0.3 is 0 Å². The van der Waals surface area contributed by atoms with Gasteiger partial charge in [-0.3, -0.25) is 20.2 Å². The topological polar surface area (TPSA) is 86.3 Å². The molecular formula is C14H12N2O4. The molecule has 6 nitrogen and oxygen atoms in total. The van der Waals surface area contributed by atoms with Gasteiger partial charge in [-0.15, -0.1) is 0 Å². The molecule has 2 rings (SSSR count). The molecule has 0 aromatic heterocycles. The SMILES string of the molecule is Cc1ccc([N+](=O)[O-])c([N+](=O)[O-])c1Cc1ccccc1. The summed E-state index contributed by atoms with van der Waals surface area (Å²) < 4.78 is 0. The van der Waals surface area contributed by atoms with E-state index < -0.39 is 21.2 Å². The van der Waals surface area contributed by atoms with Crippen molar-refractivity contribution in [2.24, 2.45) is 0 Å². The van der Waals surface area contributed by atoms with Crippen molar-refractivity contribution in [2.45, 2.75) is 13.3 Å². The number of aryl methyl sites for hydroxylation is 1. The molecule has 0 saturated carbocycles. The van der Waals surface area contributed by atoms with Crippen LogP contribution in [0.3, 0.4) is 0 Å². The summed E-state index contributed by atoms with van der Waals surface area (Å²) in [6.07, 6.45) is 0.296. The summed E-state index contributed by atoms with van der Waals surface area (Å²) in [6, 6.07) is 11.9. The minimum absolute atomic E-state index is 0.296. The fourth-order valence-electron chi connectivity index (χ4n) is 2.10. The Hall–Kier alpha value is -2.76. The van der Waals surface area contributed by atoms with Gasteiger partial charge in [0.05, 0.1) is 9.85 Å². The van der Waals surface area contributed by atoms with Crippen molar-refractivity contribution in [3.05, 3.63) is 79.4 Å². The Morgan fingerprint density at radius 2 is 1.60 bits per heavy atom. The summed E-state index contributed by atoms with van der Waals surface area (Å²) in [5.74, 6) is 0. The predicted molar refractivity (Wildman–Crippen MR) is 73.7 cm³/mol. The number of rotatable bonds is 4. The lowest BCUT2D eigenvalue weighted by Gasteiger charge is -2.07. The molecule has 0 aliphatic rings. The van der Waals surface area contributed by atoms with Gasteiger partial charge in [-0.2, -0.15) is 0 Å². The highest BCUT2D eigenvalue weighted by atomic mass is 16.6. The smallest absolute Gasteiger partial charge is 0.258 e. The molecule has 20 heavy (non-hydrogen) atoms. The molecule has 0 aliphatic heterocycles. The van der Waals surface area contributed by atoms with E-state index in [-0.39, 0.29) is 0 Å². The molecule has 0 spiro atoms. The van der Waals surface area contributed by atoms with E-state index in [0.717, 1.165) is 5.56 Å². The molecule has 0 atom stereocenters. The van der Waals surface area contributed by atoms with Crippen molar-refractivity contribution < 1.29 is 9.85 Å². The van der Waals surface area contributed by atoms with Crippen molar-refractivity contribution >= 4 is 11.4 Å². The second-order valence-corrected chi connectivity index (χ2v) is 4.41. The maximum Gasteiger partial charge on any atom is 0.349 e. The van der Waals surface area contributed by atoms with Gasteiger partial charge in [0.1, 0.15) is 0 Å². The summed E-state index contributed by atoms with van der Waals surface area (Å²) >= 11 is 0. The van der Waals surface area contributed by atoms with Crippen LogP contribution in [-0.2, 0) is 6.42 Å². The van der Waals surface area contributed by atoms with Crippen molar-refractivity contribution in [1.82, 2.24) is 0 Å². The van der Waals surface area contributed by atoms with E-state index in [1.807, 2.05) is 30.3 Å². The molecular weight excluding hydrogens is 260 g/mol. The predicted octanol–water partition coefficient (Wildman–Crippen LogP) is 3.40. The Labute approximate surface area is 115 Å². The minimum atomic E-state index is -0.716. The lowest BCUT2D eigenvalue weighted by Crippen LogP contribution is -2.03. The highest BCUT2D eigenvalue weighted by molar-refractivity contribution is 5.61. The average molecular weight is 272 g/mol. The van der Waals surface area contributed by atoms with Crippen molar-refractivity contribution in [1.29, 1.82) is 0 Å². The number of nitro benzene ring substituents is 2. The lowest BCUT2D eigenvalue weighted by atomic mass is 9.98. The molecule has 0 fully saturated rings. The normalized spacial score (nSPS) is 10.2. The molecule has 6 heteroatoms. The van der Waals surface area contributed by atoms with Gasteiger partial charge in [0, 0.05) is 18.1 Å². The second-order valence-electron chi connectivity index (χ2n) is 4.41. The molecule has 2 aromatic rings. The van der Waals surface area contributed by atoms with Crippen LogP contribution in [0.4, 0.5) is 11.4 Å². The van der Waals surface area contributed by atoms with E-state index in [9.17, 15) is 20.2 Å². The van der Waals surface area contributed by atoms with E-state index >= 15 is 0 Å². The van der Waals surface area contributed by atoms with Gasteiger partial charge in [0.2, 0.25) is 0 Å². The molecule has 0 unspecified atom stereocenters. The molecule has 102 valence electrons. The van der Waals surface area contributed by atoms with Crippen LogP contribution in [0.15, 0.2) is 42.5 Å². The standard InChI is InChI=1S/C14H12N2O4/c1-10-7-8-13(15(17)18)14(16(19)20)12(10)9-11-5-3-2-4-6-11/h2-8H,9H2,1H3. The van der Waals surface area contributed by atoms with Crippen molar-refractivity contribution in [3.8, 4) is 0 Å². The van der Waals surface area contributed by atoms with E-state index in [1.54, 1.807) is 13.0 Å². The third-order valence-electron chi connectivity index (χ3n) is 3.10. The van der Waals surface area contributed by atoms with Crippen LogP contribution < -0.4 is 0 Å². The van der Waals surface area contributed by atoms with Crippen LogP contribution in [0.2, 0.25) is 0 Å².